The quantitative estimate of drug-likeness (QED) is 0.735. The number of nitrogens with zero attached hydrogens (tertiary/aromatic N) is 2. The molecule has 10 heteroatoms. The van der Waals surface area contributed by atoms with Gasteiger partial charge in [0.05, 0.1) is 12.9 Å². The predicted molar refractivity (Wildman–Crippen MR) is 92.7 cm³/mol. The van der Waals surface area contributed by atoms with Crippen molar-refractivity contribution in [2.24, 2.45) is 0 Å². The van der Waals surface area contributed by atoms with E-state index >= 15 is 0 Å². The fraction of sp³-hybridized carbons (Fsp3) is 0.867. The van der Waals surface area contributed by atoms with Gasteiger partial charge in [0, 0.05) is 38.3 Å². The molecular formula is C15H28N4O5S. The molecular weight excluding hydrogens is 348 g/mol. The normalized spacial score (nSPS) is 21.0. The van der Waals surface area contributed by atoms with Crippen LogP contribution in [0.15, 0.2) is 0 Å². The highest BCUT2D eigenvalue weighted by molar-refractivity contribution is 7.88. The lowest BCUT2D eigenvalue weighted by atomic mass is 10.1. The Labute approximate surface area is 149 Å². The number of nitrogens with one attached hydrogen (secondary N) is 2. The van der Waals surface area contributed by atoms with E-state index in [1.165, 1.54) is 10.6 Å². The topological polar surface area (TPSA) is 108 Å². The molecule has 0 radical (unpaired) electrons. The Morgan fingerprint density at radius 1 is 1.00 bits per heavy atom. The molecule has 0 aromatic rings. The number of hydrogen-bond acceptors (Lipinski definition) is 5. The zero-order valence-corrected chi connectivity index (χ0v) is 15.7. The Hall–Kier alpha value is -1.55. The number of likely N-dealkylation sites (tertiary alicyclic amines) is 1. The van der Waals surface area contributed by atoms with E-state index in [4.69, 9.17) is 4.74 Å². The van der Waals surface area contributed by atoms with Crippen LogP contribution in [-0.4, -0.2) is 80.9 Å². The number of carbonyl (C=O) groups excluding carboxylic acids is 2. The van der Waals surface area contributed by atoms with Crippen molar-refractivity contribution in [1.82, 2.24) is 19.8 Å². The summed E-state index contributed by atoms with van der Waals surface area (Å²) in [7, 11) is -3.15. The monoisotopic (exact) mass is 376 g/mol. The van der Waals surface area contributed by atoms with Crippen LogP contribution < -0.4 is 10.6 Å². The van der Waals surface area contributed by atoms with Gasteiger partial charge in [-0.25, -0.2) is 22.3 Å². The van der Waals surface area contributed by atoms with Gasteiger partial charge < -0.3 is 20.3 Å². The summed E-state index contributed by atoms with van der Waals surface area (Å²) in [5.74, 6) is 0. The van der Waals surface area contributed by atoms with Gasteiger partial charge in [-0.15, -0.1) is 0 Å². The molecule has 0 bridgehead atoms. The van der Waals surface area contributed by atoms with Crippen molar-refractivity contribution in [3.63, 3.8) is 0 Å². The molecule has 2 N–H and O–H groups in total. The zero-order chi connectivity index (χ0) is 18.4. The number of amides is 3. The molecule has 2 rings (SSSR count). The van der Waals surface area contributed by atoms with Crippen molar-refractivity contribution in [3.05, 3.63) is 0 Å². The molecule has 0 atom stereocenters. The molecule has 0 aliphatic carbocycles. The van der Waals surface area contributed by atoms with Gasteiger partial charge in [0.25, 0.3) is 0 Å². The Morgan fingerprint density at radius 2 is 1.48 bits per heavy atom. The highest BCUT2D eigenvalue weighted by Crippen LogP contribution is 2.14. The Morgan fingerprint density at radius 3 is 1.92 bits per heavy atom. The number of ether oxygens (including phenoxy) is 1. The molecule has 9 nitrogen and oxygen atoms in total. The summed E-state index contributed by atoms with van der Waals surface area (Å²) in [6.45, 7) is 4.13. The van der Waals surface area contributed by atoms with Gasteiger partial charge in [0.15, 0.2) is 0 Å². The van der Waals surface area contributed by atoms with Gasteiger partial charge in [-0.2, -0.15) is 0 Å². The molecule has 0 saturated carbocycles. The van der Waals surface area contributed by atoms with Crippen LogP contribution in [-0.2, 0) is 14.8 Å². The number of urea groups is 1. The average molecular weight is 376 g/mol. The first kappa shape index (κ1) is 19.8. The van der Waals surface area contributed by atoms with E-state index in [-0.39, 0.29) is 24.2 Å². The molecule has 25 heavy (non-hydrogen) atoms. The van der Waals surface area contributed by atoms with Crippen molar-refractivity contribution >= 4 is 22.1 Å². The third kappa shape index (κ3) is 6.03. The Balaban J connectivity index is 1.67. The summed E-state index contributed by atoms with van der Waals surface area (Å²) in [5, 5.41) is 5.85. The fourth-order valence-electron chi connectivity index (χ4n) is 3.17. The molecule has 0 unspecified atom stereocenters. The minimum Gasteiger partial charge on any atom is -0.450 e. The van der Waals surface area contributed by atoms with Crippen molar-refractivity contribution in [3.8, 4) is 0 Å². The summed E-state index contributed by atoms with van der Waals surface area (Å²) >= 11 is 0. The lowest BCUT2D eigenvalue weighted by Crippen LogP contribution is -2.53. The highest BCUT2D eigenvalue weighted by Gasteiger charge is 2.27. The van der Waals surface area contributed by atoms with Crippen LogP contribution in [0.4, 0.5) is 9.59 Å². The maximum Gasteiger partial charge on any atom is 0.409 e. The van der Waals surface area contributed by atoms with Crippen molar-refractivity contribution in [2.75, 3.05) is 39.0 Å². The van der Waals surface area contributed by atoms with E-state index in [0.717, 1.165) is 0 Å². The number of sulfonamides is 1. The largest absolute Gasteiger partial charge is 0.450 e. The van der Waals surface area contributed by atoms with Crippen LogP contribution in [0.25, 0.3) is 0 Å². The van der Waals surface area contributed by atoms with Crippen LogP contribution >= 0.6 is 0 Å². The number of hydrogen-bond donors (Lipinski definition) is 2. The molecule has 0 spiro atoms. The predicted octanol–water partition coefficient (Wildman–Crippen LogP) is 0.331. The lowest BCUT2D eigenvalue weighted by Gasteiger charge is -2.33. The van der Waals surface area contributed by atoms with Gasteiger partial charge in [-0.05, 0) is 32.6 Å². The second-order valence-electron chi connectivity index (χ2n) is 6.51. The molecule has 2 saturated heterocycles. The standard InChI is InChI=1S/C15H28N4O5S/c1-3-24-15(21)18-8-4-12(5-9-18)16-14(20)17-13-6-10-19(11-7-13)25(2,22)23/h12-13H,3-11H2,1-2H3,(H2,16,17,20). The third-order valence-corrected chi connectivity index (χ3v) is 5.92. The zero-order valence-electron chi connectivity index (χ0n) is 14.9. The van der Waals surface area contributed by atoms with Gasteiger partial charge >= 0.3 is 12.1 Å². The minimum absolute atomic E-state index is 0.0161. The molecule has 0 aromatic carbocycles. The van der Waals surface area contributed by atoms with E-state index < -0.39 is 10.0 Å². The highest BCUT2D eigenvalue weighted by atomic mass is 32.2. The molecule has 2 aliphatic rings. The molecule has 144 valence electrons. The second kappa shape index (κ2) is 8.70. The average Bonchev–Trinajstić information content (AvgIpc) is 2.55. The van der Waals surface area contributed by atoms with E-state index in [9.17, 15) is 18.0 Å². The van der Waals surface area contributed by atoms with E-state index in [0.29, 0.717) is 58.5 Å². The van der Waals surface area contributed by atoms with Gasteiger partial charge in [0.1, 0.15) is 0 Å². The van der Waals surface area contributed by atoms with Crippen molar-refractivity contribution in [2.45, 2.75) is 44.7 Å². The molecule has 3 amide bonds. The van der Waals surface area contributed by atoms with E-state index in [1.807, 2.05) is 0 Å². The summed E-state index contributed by atoms with van der Waals surface area (Å²) in [6.07, 6.45) is 3.51. The maximum absolute atomic E-state index is 12.1. The number of piperidine rings is 2. The first-order chi connectivity index (χ1) is 11.8. The molecule has 2 fully saturated rings. The van der Waals surface area contributed by atoms with Gasteiger partial charge in [-0.1, -0.05) is 0 Å². The first-order valence-corrected chi connectivity index (χ1v) is 10.6. The smallest absolute Gasteiger partial charge is 0.409 e. The Bertz CT molecular complexity index is 566. The summed E-state index contributed by atoms with van der Waals surface area (Å²) < 4.78 is 29.4. The van der Waals surface area contributed by atoms with Crippen LogP contribution in [0.2, 0.25) is 0 Å². The molecule has 0 aromatic heterocycles. The Kier molecular flexibility index (Phi) is 6.88. The van der Waals surface area contributed by atoms with E-state index in [2.05, 4.69) is 10.6 Å². The van der Waals surface area contributed by atoms with Crippen molar-refractivity contribution < 1.29 is 22.7 Å². The maximum atomic E-state index is 12.1. The van der Waals surface area contributed by atoms with Gasteiger partial charge in [0.2, 0.25) is 10.0 Å². The number of rotatable bonds is 4. The SMILES string of the molecule is CCOC(=O)N1CCC(NC(=O)NC2CCN(S(C)(=O)=O)CC2)CC1. The first-order valence-electron chi connectivity index (χ1n) is 8.73. The number of carbonyl (C=O) groups is 2. The summed E-state index contributed by atoms with van der Waals surface area (Å²) in [4.78, 5) is 25.4. The summed E-state index contributed by atoms with van der Waals surface area (Å²) in [6, 6.07) is -0.216. The van der Waals surface area contributed by atoms with Crippen LogP contribution in [0.1, 0.15) is 32.6 Å². The van der Waals surface area contributed by atoms with Crippen LogP contribution in [0, 0.1) is 0 Å². The third-order valence-electron chi connectivity index (χ3n) is 4.61. The lowest BCUT2D eigenvalue weighted by molar-refractivity contribution is 0.0957. The van der Waals surface area contributed by atoms with E-state index in [1.54, 1.807) is 11.8 Å². The second-order valence-corrected chi connectivity index (χ2v) is 8.50. The van der Waals surface area contributed by atoms with Crippen molar-refractivity contribution in [1.29, 1.82) is 0 Å². The van der Waals surface area contributed by atoms with Crippen LogP contribution in [0.3, 0.4) is 0 Å². The van der Waals surface area contributed by atoms with Gasteiger partial charge in [-0.3, -0.25) is 0 Å². The summed E-state index contributed by atoms with van der Waals surface area (Å²) in [5.41, 5.74) is 0. The molecule has 2 aliphatic heterocycles. The van der Waals surface area contributed by atoms with Crippen LogP contribution in [0.5, 0.6) is 0 Å². The fourth-order valence-corrected chi connectivity index (χ4v) is 4.04. The minimum atomic E-state index is -3.15. The molecule has 2 heterocycles.